The van der Waals surface area contributed by atoms with Gasteiger partial charge >= 0.3 is 5.97 Å². The molecule has 2 amide bonds. The molecule has 0 radical (unpaired) electrons. The Labute approximate surface area is 163 Å². The molecule has 2 aliphatic heterocycles. The van der Waals surface area contributed by atoms with Crippen LogP contribution < -0.4 is 9.80 Å². The Morgan fingerprint density at radius 1 is 1.04 bits per heavy atom. The molecular weight excluding hydrogens is 356 g/mol. The predicted molar refractivity (Wildman–Crippen MR) is 105 cm³/mol. The first-order valence-electron chi connectivity index (χ1n) is 9.39. The highest BCUT2D eigenvalue weighted by Crippen LogP contribution is 2.35. The standard InChI is InChI=1S/C22H22N2O4/c1-14-11-16-5-3-4-6-19(16)24(14)21(26)17-12-20(25)23(13-17)18-9-7-15(8-10-18)22(27)28-2/h3-10,14,17H,11-13H2,1-2H3. The lowest BCUT2D eigenvalue weighted by molar-refractivity contribution is -0.124. The number of benzene rings is 2. The predicted octanol–water partition coefficient (Wildman–Crippen LogP) is 2.80. The number of rotatable bonds is 3. The van der Waals surface area contributed by atoms with Gasteiger partial charge in [0, 0.05) is 30.4 Å². The first-order chi connectivity index (χ1) is 13.5. The van der Waals surface area contributed by atoms with Crippen molar-refractivity contribution in [1.29, 1.82) is 0 Å². The van der Waals surface area contributed by atoms with Crippen LogP contribution in [0.1, 0.15) is 29.3 Å². The minimum absolute atomic E-state index is 0.000481. The van der Waals surface area contributed by atoms with E-state index in [0.29, 0.717) is 17.8 Å². The molecule has 2 atom stereocenters. The Morgan fingerprint density at radius 3 is 2.46 bits per heavy atom. The van der Waals surface area contributed by atoms with Crippen LogP contribution in [0.4, 0.5) is 11.4 Å². The molecule has 0 bridgehead atoms. The van der Waals surface area contributed by atoms with Crippen LogP contribution in [0.3, 0.4) is 0 Å². The van der Waals surface area contributed by atoms with Gasteiger partial charge in [-0.1, -0.05) is 18.2 Å². The maximum absolute atomic E-state index is 13.2. The summed E-state index contributed by atoms with van der Waals surface area (Å²) in [6.07, 6.45) is 1.03. The SMILES string of the molecule is COC(=O)c1ccc(N2CC(C(=O)N3c4ccccc4CC3C)CC2=O)cc1. The van der Waals surface area contributed by atoms with E-state index in [4.69, 9.17) is 4.74 Å². The molecule has 6 heteroatoms. The van der Waals surface area contributed by atoms with Crippen LogP contribution in [0.15, 0.2) is 48.5 Å². The Kier molecular flexibility index (Phi) is 4.63. The van der Waals surface area contributed by atoms with Crippen molar-refractivity contribution >= 4 is 29.2 Å². The fraction of sp³-hybridized carbons (Fsp3) is 0.318. The topological polar surface area (TPSA) is 66.9 Å². The number of ether oxygens (including phenoxy) is 1. The number of carbonyl (C=O) groups excluding carboxylic acids is 3. The van der Waals surface area contributed by atoms with Crippen LogP contribution >= 0.6 is 0 Å². The molecule has 0 N–H and O–H groups in total. The number of nitrogens with zero attached hydrogens (tertiary/aromatic N) is 2. The van der Waals surface area contributed by atoms with Gasteiger partial charge in [-0.25, -0.2) is 4.79 Å². The van der Waals surface area contributed by atoms with Gasteiger partial charge < -0.3 is 14.5 Å². The zero-order valence-electron chi connectivity index (χ0n) is 15.9. The van der Waals surface area contributed by atoms with Crippen LogP contribution in [0.5, 0.6) is 0 Å². The summed E-state index contributed by atoms with van der Waals surface area (Å²) in [5, 5.41) is 0. The minimum Gasteiger partial charge on any atom is -0.465 e. The van der Waals surface area contributed by atoms with Crippen molar-refractivity contribution in [3.05, 3.63) is 59.7 Å². The molecule has 1 fully saturated rings. The Hall–Kier alpha value is -3.15. The molecule has 144 valence electrons. The summed E-state index contributed by atoms with van der Waals surface area (Å²) < 4.78 is 4.70. The van der Waals surface area contributed by atoms with E-state index in [9.17, 15) is 14.4 Å². The fourth-order valence-corrected chi connectivity index (χ4v) is 4.12. The van der Waals surface area contributed by atoms with Gasteiger partial charge in [0.1, 0.15) is 0 Å². The van der Waals surface area contributed by atoms with Crippen molar-refractivity contribution in [2.75, 3.05) is 23.5 Å². The number of hydrogen-bond acceptors (Lipinski definition) is 4. The Bertz CT molecular complexity index is 938. The summed E-state index contributed by atoms with van der Waals surface area (Å²) in [5.41, 5.74) is 3.23. The molecule has 0 aromatic heterocycles. The fourth-order valence-electron chi connectivity index (χ4n) is 4.12. The first-order valence-corrected chi connectivity index (χ1v) is 9.39. The molecule has 0 saturated carbocycles. The largest absolute Gasteiger partial charge is 0.465 e. The quantitative estimate of drug-likeness (QED) is 0.771. The molecule has 0 spiro atoms. The normalized spacial score (nSPS) is 21.0. The summed E-state index contributed by atoms with van der Waals surface area (Å²) in [6, 6.07) is 14.7. The number of hydrogen-bond donors (Lipinski definition) is 0. The van der Waals surface area contributed by atoms with E-state index in [1.807, 2.05) is 36.1 Å². The molecular formula is C22H22N2O4. The lowest BCUT2D eigenvalue weighted by Crippen LogP contribution is -2.41. The average Bonchev–Trinajstić information content (AvgIpc) is 3.26. The van der Waals surface area contributed by atoms with E-state index >= 15 is 0 Å². The summed E-state index contributed by atoms with van der Waals surface area (Å²) >= 11 is 0. The van der Waals surface area contributed by atoms with E-state index in [-0.39, 0.29) is 30.2 Å². The van der Waals surface area contributed by atoms with Gasteiger partial charge in [-0.3, -0.25) is 9.59 Å². The third-order valence-corrected chi connectivity index (χ3v) is 5.52. The molecule has 2 aliphatic rings. The van der Waals surface area contributed by atoms with Crippen molar-refractivity contribution in [1.82, 2.24) is 0 Å². The van der Waals surface area contributed by atoms with E-state index in [1.54, 1.807) is 29.2 Å². The number of carbonyl (C=O) groups is 3. The third-order valence-electron chi connectivity index (χ3n) is 5.52. The maximum Gasteiger partial charge on any atom is 0.337 e. The van der Waals surface area contributed by atoms with Gasteiger partial charge in [-0.05, 0) is 49.2 Å². The third kappa shape index (κ3) is 3.05. The summed E-state index contributed by atoms with van der Waals surface area (Å²) in [4.78, 5) is 40.8. The highest BCUT2D eigenvalue weighted by molar-refractivity contribution is 6.05. The summed E-state index contributed by atoms with van der Waals surface area (Å²) in [5.74, 6) is -0.876. The van der Waals surface area contributed by atoms with Gasteiger partial charge in [0.15, 0.2) is 0 Å². The van der Waals surface area contributed by atoms with Crippen molar-refractivity contribution < 1.29 is 19.1 Å². The second-order valence-electron chi connectivity index (χ2n) is 7.33. The summed E-state index contributed by atoms with van der Waals surface area (Å²) in [6.45, 7) is 2.39. The van der Waals surface area contributed by atoms with Crippen LogP contribution in [0.25, 0.3) is 0 Å². The molecule has 2 aromatic rings. The van der Waals surface area contributed by atoms with Crippen LogP contribution in [0, 0.1) is 5.92 Å². The molecule has 28 heavy (non-hydrogen) atoms. The second-order valence-corrected chi connectivity index (χ2v) is 7.33. The van der Waals surface area contributed by atoms with Gasteiger partial charge in [0.05, 0.1) is 18.6 Å². The molecule has 2 aromatic carbocycles. The van der Waals surface area contributed by atoms with Crippen molar-refractivity contribution in [2.45, 2.75) is 25.8 Å². The molecule has 6 nitrogen and oxygen atoms in total. The van der Waals surface area contributed by atoms with E-state index in [2.05, 4.69) is 0 Å². The van der Waals surface area contributed by atoms with E-state index in [1.165, 1.54) is 12.7 Å². The highest BCUT2D eigenvalue weighted by Gasteiger charge is 2.41. The number of fused-ring (bicyclic) bond motifs is 1. The smallest absolute Gasteiger partial charge is 0.337 e. The van der Waals surface area contributed by atoms with Crippen molar-refractivity contribution in [2.24, 2.45) is 5.92 Å². The van der Waals surface area contributed by atoms with Crippen LogP contribution in [0.2, 0.25) is 0 Å². The first kappa shape index (κ1) is 18.2. The highest BCUT2D eigenvalue weighted by atomic mass is 16.5. The molecule has 2 heterocycles. The maximum atomic E-state index is 13.2. The molecule has 1 saturated heterocycles. The summed E-state index contributed by atoms with van der Waals surface area (Å²) in [7, 11) is 1.33. The molecule has 4 rings (SSSR count). The minimum atomic E-state index is -0.422. The lowest BCUT2D eigenvalue weighted by Gasteiger charge is -2.26. The van der Waals surface area contributed by atoms with E-state index in [0.717, 1.165) is 12.1 Å². The number of methoxy groups -OCH3 is 1. The van der Waals surface area contributed by atoms with Crippen LogP contribution in [-0.4, -0.2) is 37.5 Å². The van der Waals surface area contributed by atoms with Gasteiger partial charge in [-0.15, -0.1) is 0 Å². The van der Waals surface area contributed by atoms with Crippen LogP contribution in [-0.2, 0) is 20.7 Å². The zero-order valence-corrected chi connectivity index (χ0v) is 15.9. The second kappa shape index (κ2) is 7.11. The Balaban J connectivity index is 1.52. The monoisotopic (exact) mass is 378 g/mol. The van der Waals surface area contributed by atoms with Gasteiger partial charge in [-0.2, -0.15) is 0 Å². The zero-order chi connectivity index (χ0) is 19.8. The molecule has 0 aliphatic carbocycles. The van der Waals surface area contributed by atoms with Gasteiger partial charge in [0.2, 0.25) is 11.8 Å². The molecule has 2 unspecified atom stereocenters. The lowest BCUT2D eigenvalue weighted by atomic mass is 10.1. The number of amides is 2. The average molecular weight is 378 g/mol. The van der Waals surface area contributed by atoms with Crippen molar-refractivity contribution in [3.8, 4) is 0 Å². The van der Waals surface area contributed by atoms with E-state index < -0.39 is 5.97 Å². The van der Waals surface area contributed by atoms with Crippen molar-refractivity contribution in [3.63, 3.8) is 0 Å². The number of para-hydroxylation sites is 1. The van der Waals surface area contributed by atoms with Gasteiger partial charge in [0.25, 0.3) is 0 Å². The number of anilines is 2. The Morgan fingerprint density at radius 2 is 1.75 bits per heavy atom. The number of esters is 1.